The second kappa shape index (κ2) is 6.28. The van der Waals surface area contributed by atoms with E-state index >= 15 is 0 Å². The predicted molar refractivity (Wildman–Crippen MR) is 103 cm³/mol. The average molecular weight is 391 g/mol. The molecule has 27 heavy (non-hydrogen) atoms. The largest absolute Gasteiger partial charge is 0.503 e. The molecule has 0 bridgehead atoms. The molecule has 3 heterocycles. The summed E-state index contributed by atoms with van der Waals surface area (Å²) in [6.45, 7) is 1.85. The zero-order chi connectivity index (χ0) is 18.8. The summed E-state index contributed by atoms with van der Waals surface area (Å²) in [6.07, 6.45) is 7.86. The van der Waals surface area contributed by atoms with E-state index in [1.165, 1.54) is 25.7 Å². The molecular weight excluding hydrogens is 364 g/mol. The summed E-state index contributed by atoms with van der Waals surface area (Å²) in [5.74, 6) is 1.15. The fraction of sp³-hybridized carbons (Fsp3) is 0.667. The third-order valence-corrected chi connectivity index (χ3v) is 7.79. The summed E-state index contributed by atoms with van der Waals surface area (Å²) >= 11 is 6.25. The Labute approximate surface area is 165 Å². The number of rotatable bonds is 3. The number of ether oxygens (including phenoxy) is 1. The first-order chi connectivity index (χ1) is 13.1. The van der Waals surface area contributed by atoms with Gasteiger partial charge in [0, 0.05) is 24.5 Å². The second-order valence-electron chi connectivity index (χ2n) is 8.62. The standard InChI is InChI=1S/C21H27ClN2O3/c1-27-18-10-13(9-16(22)19(18)25)17-11-14-12-23(15-5-2-3-6-15)20(26)21(14)7-4-8-24(17)21/h9-10,14-15,17,25H,2-8,11-12H2,1H3/t14-,17-,21-/m0/s1. The summed E-state index contributed by atoms with van der Waals surface area (Å²) in [4.78, 5) is 18.3. The van der Waals surface area contributed by atoms with Gasteiger partial charge >= 0.3 is 0 Å². The molecule has 0 radical (unpaired) electrons. The van der Waals surface area contributed by atoms with Crippen LogP contribution in [0.3, 0.4) is 0 Å². The normalized spacial score (nSPS) is 33.7. The average Bonchev–Trinajstić information content (AvgIpc) is 3.41. The number of nitrogens with zero attached hydrogens (tertiary/aromatic N) is 2. The van der Waals surface area contributed by atoms with Crippen molar-refractivity contribution in [3.05, 3.63) is 22.7 Å². The second-order valence-corrected chi connectivity index (χ2v) is 9.03. The quantitative estimate of drug-likeness (QED) is 0.854. The molecule has 146 valence electrons. The third-order valence-electron chi connectivity index (χ3n) is 7.50. The highest BCUT2D eigenvalue weighted by Gasteiger charge is 2.65. The van der Waals surface area contributed by atoms with E-state index in [1.807, 2.05) is 12.1 Å². The third kappa shape index (κ3) is 2.37. The van der Waals surface area contributed by atoms with Crippen molar-refractivity contribution in [1.82, 2.24) is 9.80 Å². The molecule has 1 saturated carbocycles. The van der Waals surface area contributed by atoms with Gasteiger partial charge < -0.3 is 14.7 Å². The van der Waals surface area contributed by atoms with Gasteiger partial charge in [0.2, 0.25) is 5.91 Å². The van der Waals surface area contributed by atoms with Crippen molar-refractivity contribution in [1.29, 1.82) is 0 Å². The number of hydrogen-bond donors (Lipinski definition) is 1. The van der Waals surface area contributed by atoms with Crippen molar-refractivity contribution in [2.24, 2.45) is 5.92 Å². The van der Waals surface area contributed by atoms with Crippen molar-refractivity contribution < 1.29 is 14.6 Å². The fourth-order valence-corrected chi connectivity index (χ4v) is 6.53. The van der Waals surface area contributed by atoms with Crippen molar-refractivity contribution in [2.75, 3.05) is 20.2 Å². The molecule has 1 spiro atoms. The minimum Gasteiger partial charge on any atom is -0.503 e. The molecule has 1 aromatic carbocycles. The molecule has 0 unspecified atom stereocenters. The molecule has 4 aliphatic rings. The number of halogens is 1. The monoisotopic (exact) mass is 390 g/mol. The van der Waals surface area contributed by atoms with Gasteiger partial charge in [-0.1, -0.05) is 24.4 Å². The first kappa shape index (κ1) is 17.6. The van der Waals surface area contributed by atoms with Gasteiger partial charge in [-0.05, 0) is 56.3 Å². The van der Waals surface area contributed by atoms with Crippen LogP contribution in [0.15, 0.2) is 12.1 Å². The highest BCUT2D eigenvalue weighted by molar-refractivity contribution is 6.32. The summed E-state index contributed by atoms with van der Waals surface area (Å²) in [7, 11) is 1.54. The fourth-order valence-electron chi connectivity index (χ4n) is 6.31. The number of methoxy groups -OCH3 is 1. The van der Waals surface area contributed by atoms with Gasteiger partial charge in [0.1, 0.15) is 5.54 Å². The zero-order valence-electron chi connectivity index (χ0n) is 15.8. The van der Waals surface area contributed by atoms with Crippen molar-refractivity contribution in [2.45, 2.75) is 62.6 Å². The van der Waals surface area contributed by atoms with Gasteiger partial charge in [0.05, 0.1) is 12.1 Å². The van der Waals surface area contributed by atoms with Gasteiger partial charge in [0.15, 0.2) is 11.5 Å². The minimum absolute atomic E-state index is 0.0132. The molecule has 3 aliphatic heterocycles. The molecule has 5 rings (SSSR count). The van der Waals surface area contributed by atoms with Crippen molar-refractivity contribution in [3.63, 3.8) is 0 Å². The van der Waals surface area contributed by atoms with Crippen LogP contribution < -0.4 is 4.74 Å². The molecule has 4 fully saturated rings. The lowest BCUT2D eigenvalue weighted by molar-refractivity contribution is -0.138. The lowest BCUT2D eigenvalue weighted by Gasteiger charge is -2.35. The molecule has 0 aromatic heterocycles. The van der Waals surface area contributed by atoms with Gasteiger partial charge in [-0.3, -0.25) is 9.69 Å². The number of benzene rings is 1. The number of carbonyl (C=O) groups is 1. The lowest BCUT2D eigenvalue weighted by atomic mass is 9.85. The van der Waals surface area contributed by atoms with E-state index in [-0.39, 0.29) is 17.3 Å². The number of amides is 1. The van der Waals surface area contributed by atoms with E-state index < -0.39 is 0 Å². The number of aromatic hydroxyl groups is 1. The molecule has 5 nitrogen and oxygen atoms in total. The number of carbonyl (C=O) groups excluding carboxylic acids is 1. The Hall–Kier alpha value is -1.46. The molecule has 3 atom stereocenters. The Morgan fingerprint density at radius 3 is 2.78 bits per heavy atom. The molecule has 3 saturated heterocycles. The molecule has 1 N–H and O–H groups in total. The van der Waals surface area contributed by atoms with Crippen LogP contribution in [0.4, 0.5) is 0 Å². The van der Waals surface area contributed by atoms with E-state index in [1.54, 1.807) is 7.11 Å². The predicted octanol–water partition coefficient (Wildman–Crippen LogP) is 3.73. The van der Waals surface area contributed by atoms with Crippen LogP contribution in [0.2, 0.25) is 5.02 Å². The van der Waals surface area contributed by atoms with Crippen molar-refractivity contribution >= 4 is 17.5 Å². The van der Waals surface area contributed by atoms with Crippen LogP contribution >= 0.6 is 11.6 Å². The molecule has 1 aliphatic carbocycles. The van der Waals surface area contributed by atoms with Crippen LogP contribution in [-0.4, -0.2) is 52.6 Å². The van der Waals surface area contributed by atoms with E-state index in [9.17, 15) is 9.90 Å². The number of likely N-dealkylation sites (tertiary alicyclic amines) is 1. The van der Waals surface area contributed by atoms with Crippen LogP contribution in [0.1, 0.15) is 56.6 Å². The first-order valence-electron chi connectivity index (χ1n) is 10.2. The Kier molecular flexibility index (Phi) is 4.10. The Bertz CT molecular complexity index is 779. The minimum atomic E-state index is -0.315. The van der Waals surface area contributed by atoms with Gasteiger partial charge in [-0.25, -0.2) is 0 Å². The van der Waals surface area contributed by atoms with E-state index in [0.29, 0.717) is 28.6 Å². The summed E-state index contributed by atoms with van der Waals surface area (Å²) in [5.41, 5.74) is 0.732. The van der Waals surface area contributed by atoms with Gasteiger partial charge in [0.25, 0.3) is 0 Å². The first-order valence-corrected chi connectivity index (χ1v) is 10.6. The summed E-state index contributed by atoms with van der Waals surface area (Å²) in [5, 5.41) is 10.4. The topological polar surface area (TPSA) is 53.0 Å². The maximum absolute atomic E-state index is 13.6. The molecule has 1 aromatic rings. The highest BCUT2D eigenvalue weighted by Crippen LogP contribution is 2.57. The van der Waals surface area contributed by atoms with E-state index in [0.717, 1.165) is 37.9 Å². The summed E-state index contributed by atoms with van der Waals surface area (Å²) < 4.78 is 5.31. The molecule has 6 heteroatoms. The van der Waals surface area contributed by atoms with Gasteiger partial charge in [-0.15, -0.1) is 0 Å². The lowest BCUT2D eigenvalue weighted by Crippen LogP contribution is -2.51. The van der Waals surface area contributed by atoms with Crippen LogP contribution in [0, 0.1) is 5.92 Å². The van der Waals surface area contributed by atoms with Crippen molar-refractivity contribution in [3.8, 4) is 11.5 Å². The van der Waals surface area contributed by atoms with Crippen LogP contribution in [-0.2, 0) is 4.79 Å². The maximum atomic E-state index is 13.6. The SMILES string of the molecule is COc1cc([C@@H]2C[C@H]3CN(C4CCCC4)C(=O)[C@]34CCCN24)cc(Cl)c1O. The maximum Gasteiger partial charge on any atom is 0.243 e. The molecule has 1 amide bonds. The van der Waals surface area contributed by atoms with E-state index in [2.05, 4.69) is 9.80 Å². The highest BCUT2D eigenvalue weighted by atomic mass is 35.5. The Balaban J connectivity index is 1.49. The van der Waals surface area contributed by atoms with Crippen LogP contribution in [0.25, 0.3) is 0 Å². The Morgan fingerprint density at radius 2 is 2.04 bits per heavy atom. The number of hydrogen-bond acceptors (Lipinski definition) is 4. The van der Waals surface area contributed by atoms with Gasteiger partial charge in [-0.2, -0.15) is 0 Å². The smallest absolute Gasteiger partial charge is 0.243 e. The number of phenolic OH excluding ortho intramolecular Hbond substituents is 1. The summed E-state index contributed by atoms with van der Waals surface area (Å²) in [6, 6.07) is 4.36. The molecular formula is C21H27ClN2O3. The zero-order valence-corrected chi connectivity index (χ0v) is 16.5. The Morgan fingerprint density at radius 1 is 1.26 bits per heavy atom. The number of phenols is 1. The van der Waals surface area contributed by atoms with Crippen LogP contribution in [0.5, 0.6) is 11.5 Å². The van der Waals surface area contributed by atoms with E-state index in [4.69, 9.17) is 16.3 Å².